The normalized spacial score (nSPS) is 12.2. The molecule has 1 amide bonds. The first-order valence-corrected chi connectivity index (χ1v) is 13.0. The number of pyridine rings is 1. The van der Waals surface area contributed by atoms with Crippen LogP contribution in [0.4, 0.5) is 0 Å². The highest BCUT2D eigenvalue weighted by Gasteiger charge is 2.31. The van der Waals surface area contributed by atoms with Gasteiger partial charge in [-0.2, -0.15) is 0 Å². The molecule has 186 valence electrons. The largest absolute Gasteiger partial charge is 0.330 e. The summed E-state index contributed by atoms with van der Waals surface area (Å²) in [5.41, 5.74) is 11.8. The number of amides is 1. The van der Waals surface area contributed by atoms with Gasteiger partial charge in [-0.3, -0.25) is 9.78 Å². The van der Waals surface area contributed by atoms with Gasteiger partial charge in [-0.05, 0) is 73.7 Å². The number of rotatable bonds is 9. The van der Waals surface area contributed by atoms with Gasteiger partial charge in [0.25, 0.3) is 5.91 Å². The molecule has 0 aliphatic carbocycles. The zero-order valence-electron chi connectivity index (χ0n) is 21.2. The van der Waals surface area contributed by atoms with Gasteiger partial charge in [-0.1, -0.05) is 79.5 Å². The summed E-state index contributed by atoms with van der Waals surface area (Å²) in [5.74, 6) is 0.136. The van der Waals surface area contributed by atoms with Gasteiger partial charge in [0.1, 0.15) is 0 Å². The van der Waals surface area contributed by atoms with E-state index in [4.69, 9.17) is 22.3 Å². The number of hydrogen-bond donors (Lipinski definition) is 1. The van der Waals surface area contributed by atoms with Crippen molar-refractivity contribution in [3.63, 3.8) is 0 Å². The molecule has 36 heavy (non-hydrogen) atoms. The number of aromatic nitrogens is 1. The van der Waals surface area contributed by atoms with Crippen molar-refractivity contribution in [2.24, 2.45) is 11.7 Å². The Kier molecular flexibility index (Phi) is 8.40. The van der Waals surface area contributed by atoms with Crippen LogP contribution in [0, 0.1) is 12.8 Å². The van der Waals surface area contributed by atoms with E-state index in [9.17, 15) is 4.79 Å². The number of nitrogens with zero attached hydrogens (tertiary/aromatic N) is 2. The molecule has 2 N–H and O–H groups in total. The van der Waals surface area contributed by atoms with E-state index in [0.29, 0.717) is 30.1 Å². The zero-order valence-corrected chi connectivity index (χ0v) is 22.0. The minimum Gasteiger partial charge on any atom is -0.330 e. The van der Waals surface area contributed by atoms with E-state index >= 15 is 0 Å². The van der Waals surface area contributed by atoms with Gasteiger partial charge in [-0.15, -0.1) is 0 Å². The lowest BCUT2D eigenvalue weighted by molar-refractivity contribution is 0.0615. The van der Waals surface area contributed by atoms with Crippen molar-refractivity contribution in [2.75, 3.05) is 13.1 Å². The first-order chi connectivity index (χ1) is 17.4. The minimum absolute atomic E-state index is 0.000743. The SMILES string of the molecule is Cc1ccc(C(=O)N(CCCN)C(c2nc3cc(Cl)ccc3cc2Cc2ccccc2)C(C)C)cc1. The van der Waals surface area contributed by atoms with Crippen LogP contribution in [-0.4, -0.2) is 28.9 Å². The van der Waals surface area contributed by atoms with Gasteiger partial charge in [0.05, 0.1) is 17.3 Å². The Morgan fingerprint density at radius 2 is 1.72 bits per heavy atom. The highest BCUT2D eigenvalue weighted by Crippen LogP contribution is 2.34. The summed E-state index contributed by atoms with van der Waals surface area (Å²) < 4.78 is 0. The first-order valence-electron chi connectivity index (χ1n) is 12.6. The molecule has 3 aromatic carbocycles. The fourth-order valence-electron chi connectivity index (χ4n) is 4.73. The summed E-state index contributed by atoms with van der Waals surface area (Å²) in [5, 5.41) is 1.68. The van der Waals surface area contributed by atoms with Crippen LogP contribution in [0.1, 0.15) is 59.1 Å². The lowest BCUT2D eigenvalue weighted by Gasteiger charge is -2.35. The number of fused-ring (bicyclic) bond motifs is 1. The molecule has 0 radical (unpaired) electrons. The molecule has 5 heteroatoms. The molecule has 0 saturated carbocycles. The van der Waals surface area contributed by atoms with Crippen molar-refractivity contribution < 1.29 is 4.79 Å². The molecule has 4 nitrogen and oxygen atoms in total. The number of benzene rings is 3. The van der Waals surface area contributed by atoms with E-state index in [2.05, 4.69) is 44.2 Å². The second-order valence-electron chi connectivity index (χ2n) is 9.73. The second kappa shape index (κ2) is 11.7. The lowest BCUT2D eigenvalue weighted by atomic mass is 9.90. The summed E-state index contributed by atoms with van der Waals surface area (Å²) in [7, 11) is 0. The molecule has 0 aliphatic rings. The molecular formula is C31H34ClN3O. The molecule has 4 aromatic rings. The molecule has 0 spiro atoms. The first kappa shape index (κ1) is 25.9. The summed E-state index contributed by atoms with van der Waals surface area (Å²) >= 11 is 6.34. The highest BCUT2D eigenvalue weighted by molar-refractivity contribution is 6.31. The molecule has 4 rings (SSSR count). The number of hydrogen-bond acceptors (Lipinski definition) is 3. The Morgan fingerprint density at radius 3 is 2.39 bits per heavy atom. The highest BCUT2D eigenvalue weighted by atomic mass is 35.5. The van der Waals surface area contributed by atoms with Gasteiger partial charge < -0.3 is 10.6 Å². The van der Waals surface area contributed by atoms with Gasteiger partial charge in [0, 0.05) is 22.5 Å². The molecule has 1 aromatic heterocycles. The van der Waals surface area contributed by atoms with E-state index in [0.717, 1.165) is 34.1 Å². The number of aryl methyl sites for hydroxylation is 1. The van der Waals surface area contributed by atoms with Crippen LogP contribution in [0.5, 0.6) is 0 Å². The molecular weight excluding hydrogens is 466 g/mol. The van der Waals surface area contributed by atoms with Gasteiger partial charge in [0.15, 0.2) is 0 Å². The van der Waals surface area contributed by atoms with Crippen LogP contribution in [0.15, 0.2) is 78.9 Å². The quantitative estimate of drug-likeness (QED) is 0.270. The topological polar surface area (TPSA) is 59.2 Å². The standard InChI is InChI=1S/C31H34ClN3O/c1-21(2)30(35(17-7-16-33)31(36)24-12-10-22(3)11-13-24)29-26(18-23-8-5-4-6-9-23)19-25-14-15-27(32)20-28(25)34-29/h4-6,8-15,19-21,30H,7,16-18,33H2,1-3H3. The average molecular weight is 500 g/mol. The van der Waals surface area contributed by atoms with Gasteiger partial charge in [0.2, 0.25) is 0 Å². The van der Waals surface area contributed by atoms with Crippen LogP contribution in [0.2, 0.25) is 5.02 Å². The van der Waals surface area contributed by atoms with Crippen molar-refractivity contribution in [2.45, 2.75) is 39.7 Å². The maximum atomic E-state index is 13.9. The fourth-order valence-corrected chi connectivity index (χ4v) is 4.89. The minimum atomic E-state index is -0.215. The van der Waals surface area contributed by atoms with Crippen molar-refractivity contribution in [1.29, 1.82) is 0 Å². The Labute approximate surface area is 219 Å². The van der Waals surface area contributed by atoms with Gasteiger partial charge in [-0.25, -0.2) is 0 Å². The summed E-state index contributed by atoms with van der Waals surface area (Å²) in [6.07, 6.45) is 1.45. The zero-order chi connectivity index (χ0) is 25.7. The molecule has 1 heterocycles. The third-order valence-corrected chi connectivity index (χ3v) is 6.77. The van der Waals surface area contributed by atoms with E-state index in [1.807, 2.05) is 60.4 Å². The predicted molar refractivity (Wildman–Crippen MR) is 149 cm³/mol. The van der Waals surface area contributed by atoms with Crippen molar-refractivity contribution in [3.8, 4) is 0 Å². The van der Waals surface area contributed by atoms with Crippen LogP contribution >= 0.6 is 11.6 Å². The van der Waals surface area contributed by atoms with E-state index < -0.39 is 0 Å². The van der Waals surface area contributed by atoms with Crippen LogP contribution in [0.3, 0.4) is 0 Å². The third kappa shape index (κ3) is 5.95. The van der Waals surface area contributed by atoms with E-state index in [1.165, 1.54) is 5.56 Å². The molecule has 1 atom stereocenters. The summed E-state index contributed by atoms with van der Waals surface area (Å²) in [4.78, 5) is 21.0. The maximum Gasteiger partial charge on any atom is 0.254 e. The van der Waals surface area contributed by atoms with E-state index in [-0.39, 0.29) is 17.9 Å². The molecule has 0 bridgehead atoms. The monoisotopic (exact) mass is 499 g/mol. The Bertz CT molecular complexity index is 1320. The smallest absolute Gasteiger partial charge is 0.254 e. The van der Waals surface area contributed by atoms with Crippen molar-refractivity contribution in [1.82, 2.24) is 9.88 Å². The fraction of sp³-hybridized carbons (Fsp3) is 0.290. The van der Waals surface area contributed by atoms with Crippen LogP contribution in [-0.2, 0) is 6.42 Å². The van der Waals surface area contributed by atoms with Crippen LogP contribution in [0.25, 0.3) is 10.9 Å². The average Bonchev–Trinajstić information content (AvgIpc) is 2.87. The van der Waals surface area contributed by atoms with Crippen molar-refractivity contribution >= 4 is 28.4 Å². The molecule has 0 saturated heterocycles. The van der Waals surface area contributed by atoms with Crippen molar-refractivity contribution in [3.05, 3.63) is 112 Å². The Balaban J connectivity index is 1.87. The molecule has 0 fully saturated rings. The number of carbonyl (C=O) groups is 1. The summed E-state index contributed by atoms with van der Waals surface area (Å²) in [6, 6.07) is 26.0. The summed E-state index contributed by atoms with van der Waals surface area (Å²) in [6.45, 7) is 7.40. The van der Waals surface area contributed by atoms with Crippen LogP contribution < -0.4 is 5.73 Å². The number of nitrogens with two attached hydrogens (primary N) is 1. The third-order valence-electron chi connectivity index (χ3n) is 6.54. The second-order valence-corrected chi connectivity index (χ2v) is 10.2. The Hall–Kier alpha value is -3.21. The Morgan fingerprint density at radius 1 is 1.00 bits per heavy atom. The van der Waals surface area contributed by atoms with E-state index in [1.54, 1.807) is 0 Å². The lowest BCUT2D eigenvalue weighted by Crippen LogP contribution is -2.39. The maximum absolute atomic E-state index is 13.9. The predicted octanol–water partition coefficient (Wildman–Crippen LogP) is 6.98. The van der Waals surface area contributed by atoms with Gasteiger partial charge >= 0.3 is 0 Å². The molecule has 1 unspecified atom stereocenters. The number of halogens is 1. The molecule has 0 aliphatic heterocycles. The number of carbonyl (C=O) groups excluding carboxylic acids is 1.